The molecule has 2 amide bonds. The van der Waals surface area contributed by atoms with Crippen molar-refractivity contribution in [3.05, 3.63) is 21.4 Å². The van der Waals surface area contributed by atoms with Crippen molar-refractivity contribution in [2.45, 2.75) is 58.4 Å². The Hall–Kier alpha value is -1.93. The average Bonchev–Trinajstić information content (AvgIpc) is 2.97. The van der Waals surface area contributed by atoms with Crippen molar-refractivity contribution in [2.24, 2.45) is 5.73 Å². The van der Waals surface area contributed by atoms with Gasteiger partial charge in [0, 0.05) is 17.8 Å². The van der Waals surface area contributed by atoms with Gasteiger partial charge in [-0.25, -0.2) is 0 Å². The number of nitrogens with two attached hydrogens (primary N) is 1. The van der Waals surface area contributed by atoms with E-state index in [1.807, 2.05) is 0 Å². The SMILES string of the molecule is CC(C)(C)OC(=O)CC[C@@H](C(N)=O)N1Cc2cc(CO)sc2C1=O. The number of nitrogens with zero attached hydrogens (tertiary/aromatic N) is 1. The van der Waals surface area contributed by atoms with E-state index in [0.717, 1.165) is 5.56 Å². The smallest absolute Gasteiger partial charge is 0.306 e. The van der Waals surface area contributed by atoms with Crippen LogP contribution in [0.1, 0.15) is 53.7 Å². The van der Waals surface area contributed by atoms with E-state index in [-0.39, 0.29) is 31.9 Å². The predicted octanol–water partition coefficient (Wildman–Crippen LogP) is 1.17. The summed E-state index contributed by atoms with van der Waals surface area (Å²) in [4.78, 5) is 38.7. The molecule has 24 heavy (non-hydrogen) atoms. The normalized spacial score (nSPS) is 15.3. The summed E-state index contributed by atoms with van der Waals surface area (Å²) in [5.41, 5.74) is 5.60. The van der Waals surface area contributed by atoms with E-state index in [9.17, 15) is 14.4 Å². The number of ether oxygens (including phenoxy) is 1. The van der Waals surface area contributed by atoms with Gasteiger partial charge in [0.1, 0.15) is 11.6 Å². The minimum atomic E-state index is -0.859. The molecule has 0 saturated heterocycles. The molecule has 1 aromatic heterocycles. The van der Waals surface area contributed by atoms with Gasteiger partial charge in [-0.05, 0) is 38.8 Å². The standard InChI is InChI=1S/C16H22N2O5S/c1-16(2,3)23-12(20)5-4-11(14(17)21)18-7-9-6-10(8-19)24-13(9)15(18)22/h6,11,19H,4-5,7-8H2,1-3H3,(H2,17,21)/t11-/m0/s1. The van der Waals surface area contributed by atoms with Crippen LogP contribution in [0.25, 0.3) is 0 Å². The zero-order valence-corrected chi connectivity index (χ0v) is 14.8. The highest BCUT2D eigenvalue weighted by molar-refractivity contribution is 7.14. The maximum absolute atomic E-state index is 12.5. The second-order valence-corrected chi connectivity index (χ2v) is 7.84. The fraction of sp³-hybridized carbons (Fsp3) is 0.562. The summed E-state index contributed by atoms with van der Waals surface area (Å²) in [6.45, 7) is 5.42. The molecular formula is C16H22N2O5S. The molecule has 0 radical (unpaired) electrons. The number of carbonyl (C=O) groups excluding carboxylic acids is 3. The molecule has 0 saturated carbocycles. The molecule has 0 unspecified atom stereocenters. The number of amides is 2. The Balaban J connectivity index is 2.04. The van der Waals surface area contributed by atoms with Gasteiger partial charge in [-0.2, -0.15) is 0 Å². The quantitative estimate of drug-likeness (QED) is 0.745. The monoisotopic (exact) mass is 354 g/mol. The zero-order valence-electron chi connectivity index (χ0n) is 14.0. The Labute approximate surface area is 144 Å². The number of primary amides is 1. The number of aliphatic hydroxyl groups excluding tert-OH is 1. The first-order valence-electron chi connectivity index (χ1n) is 7.67. The molecule has 3 N–H and O–H groups in total. The van der Waals surface area contributed by atoms with Crippen LogP contribution in [0.2, 0.25) is 0 Å². The van der Waals surface area contributed by atoms with E-state index in [2.05, 4.69) is 0 Å². The largest absolute Gasteiger partial charge is 0.460 e. The third-order valence-electron chi connectivity index (χ3n) is 3.56. The number of rotatable bonds is 6. The maximum atomic E-state index is 12.5. The molecule has 8 heteroatoms. The highest BCUT2D eigenvalue weighted by Crippen LogP contribution is 2.33. The van der Waals surface area contributed by atoms with E-state index in [0.29, 0.717) is 9.75 Å². The molecular weight excluding hydrogens is 332 g/mol. The van der Waals surface area contributed by atoms with E-state index >= 15 is 0 Å². The van der Waals surface area contributed by atoms with Crippen molar-refractivity contribution in [1.29, 1.82) is 0 Å². The summed E-state index contributed by atoms with van der Waals surface area (Å²) in [6.07, 6.45) is 0.127. The Morgan fingerprint density at radius 1 is 1.46 bits per heavy atom. The van der Waals surface area contributed by atoms with Crippen LogP contribution in [-0.2, 0) is 27.5 Å². The number of carbonyl (C=O) groups is 3. The van der Waals surface area contributed by atoms with Gasteiger partial charge in [0.15, 0.2) is 0 Å². The van der Waals surface area contributed by atoms with E-state index in [4.69, 9.17) is 15.6 Å². The Morgan fingerprint density at radius 2 is 2.12 bits per heavy atom. The Bertz CT molecular complexity index is 662. The summed E-state index contributed by atoms with van der Waals surface area (Å²) in [5, 5.41) is 9.14. The third kappa shape index (κ3) is 4.12. The summed E-state index contributed by atoms with van der Waals surface area (Å²) < 4.78 is 5.21. The lowest BCUT2D eigenvalue weighted by molar-refractivity contribution is -0.155. The molecule has 7 nitrogen and oxygen atoms in total. The first kappa shape index (κ1) is 18.4. The fourth-order valence-corrected chi connectivity index (χ4v) is 3.59. The van der Waals surface area contributed by atoms with Crippen LogP contribution in [0, 0.1) is 0 Å². The second kappa shape index (κ2) is 6.90. The number of esters is 1. The third-order valence-corrected chi connectivity index (χ3v) is 4.71. The van der Waals surface area contributed by atoms with Crippen molar-refractivity contribution < 1.29 is 24.2 Å². The summed E-state index contributed by atoms with van der Waals surface area (Å²) >= 11 is 1.21. The minimum Gasteiger partial charge on any atom is -0.460 e. The molecule has 0 aliphatic carbocycles. The number of fused-ring (bicyclic) bond motifs is 1. The molecule has 0 spiro atoms. The van der Waals surface area contributed by atoms with E-state index in [1.165, 1.54) is 16.2 Å². The van der Waals surface area contributed by atoms with Gasteiger partial charge in [0.05, 0.1) is 11.5 Å². The minimum absolute atomic E-state index is 0.00416. The number of aliphatic hydroxyl groups is 1. The topological polar surface area (TPSA) is 110 Å². The average molecular weight is 354 g/mol. The van der Waals surface area contributed by atoms with Crippen LogP contribution in [0.3, 0.4) is 0 Å². The number of thiophene rings is 1. The highest BCUT2D eigenvalue weighted by atomic mass is 32.1. The van der Waals surface area contributed by atoms with Gasteiger partial charge < -0.3 is 20.5 Å². The van der Waals surface area contributed by atoms with Gasteiger partial charge >= 0.3 is 5.97 Å². The van der Waals surface area contributed by atoms with Gasteiger partial charge in [-0.15, -0.1) is 11.3 Å². The summed E-state index contributed by atoms with van der Waals surface area (Å²) in [7, 11) is 0. The molecule has 0 aromatic carbocycles. The van der Waals surface area contributed by atoms with Crippen molar-refractivity contribution in [3.8, 4) is 0 Å². The molecule has 1 aliphatic heterocycles. The predicted molar refractivity (Wildman–Crippen MR) is 88.2 cm³/mol. The van der Waals surface area contributed by atoms with Gasteiger partial charge in [-0.1, -0.05) is 0 Å². The lowest BCUT2D eigenvalue weighted by Crippen LogP contribution is -2.45. The Morgan fingerprint density at radius 3 is 2.62 bits per heavy atom. The van der Waals surface area contributed by atoms with Crippen LogP contribution in [-0.4, -0.2) is 39.4 Å². The maximum Gasteiger partial charge on any atom is 0.306 e. The Kier molecular flexibility index (Phi) is 5.29. The molecule has 0 fully saturated rings. The van der Waals surface area contributed by atoms with Crippen LogP contribution in [0.5, 0.6) is 0 Å². The molecule has 1 aromatic rings. The van der Waals surface area contributed by atoms with Crippen LogP contribution >= 0.6 is 11.3 Å². The number of hydrogen-bond donors (Lipinski definition) is 2. The van der Waals surface area contributed by atoms with Gasteiger partial charge in [0.25, 0.3) is 5.91 Å². The second-order valence-electron chi connectivity index (χ2n) is 6.70. The van der Waals surface area contributed by atoms with Crippen molar-refractivity contribution in [2.75, 3.05) is 0 Å². The molecule has 2 heterocycles. The van der Waals surface area contributed by atoms with Gasteiger partial charge in [0.2, 0.25) is 5.91 Å². The van der Waals surface area contributed by atoms with Crippen LogP contribution < -0.4 is 5.73 Å². The summed E-state index contributed by atoms with van der Waals surface area (Å²) in [6, 6.07) is 0.895. The first-order chi connectivity index (χ1) is 11.1. The van der Waals surface area contributed by atoms with Gasteiger partial charge in [-0.3, -0.25) is 14.4 Å². The summed E-state index contributed by atoms with van der Waals surface area (Å²) in [5.74, 6) is -1.37. The lowest BCUT2D eigenvalue weighted by atomic mass is 10.1. The molecule has 2 rings (SSSR count). The van der Waals surface area contributed by atoms with Crippen LogP contribution in [0.15, 0.2) is 6.07 Å². The van der Waals surface area contributed by atoms with E-state index in [1.54, 1.807) is 26.8 Å². The van der Waals surface area contributed by atoms with Crippen molar-refractivity contribution >= 4 is 29.1 Å². The molecule has 1 atom stereocenters. The fourth-order valence-electron chi connectivity index (χ4n) is 2.60. The van der Waals surface area contributed by atoms with Crippen molar-refractivity contribution in [1.82, 2.24) is 4.90 Å². The number of hydrogen-bond acceptors (Lipinski definition) is 6. The van der Waals surface area contributed by atoms with Crippen molar-refractivity contribution in [3.63, 3.8) is 0 Å². The van der Waals surface area contributed by atoms with Crippen LogP contribution in [0.4, 0.5) is 0 Å². The molecule has 1 aliphatic rings. The molecule has 0 bridgehead atoms. The zero-order chi connectivity index (χ0) is 18.1. The molecule has 132 valence electrons. The van der Waals surface area contributed by atoms with E-state index < -0.39 is 23.5 Å². The first-order valence-corrected chi connectivity index (χ1v) is 8.48. The highest BCUT2D eigenvalue weighted by Gasteiger charge is 2.37. The lowest BCUT2D eigenvalue weighted by Gasteiger charge is -2.26.